The van der Waals surface area contributed by atoms with E-state index >= 15 is 0 Å². The summed E-state index contributed by atoms with van der Waals surface area (Å²) >= 11 is 0. The van der Waals surface area contributed by atoms with Crippen LogP contribution < -0.4 is 0 Å². The van der Waals surface area contributed by atoms with Crippen LogP contribution in [0.15, 0.2) is 34.7 Å². The van der Waals surface area contributed by atoms with Gasteiger partial charge in [0.25, 0.3) is 0 Å². The van der Waals surface area contributed by atoms with E-state index in [9.17, 15) is 14.4 Å². The third-order valence-electron chi connectivity index (χ3n) is 8.05. The van der Waals surface area contributed by atoms with Crippen molar-refractivity contribution in [2.45, 2.75) is 84.2 Å². The fraction of sp³-hybridized carbons (Fsp3) is 0.640. The van der Waals surface area contributed by atoms with E-state index in [4.69, 9.17) is 18.6 Å². The fourth-order valence-electron chi connectivity index (χ4n) is 5.32. The van der Waals surface area contributed by atoms with E-state index in [0.717, 1.165) is 5.56 Å². The average molecular weight is 445 g/mol. The highest BCUT2D eigenvalue weighted by atomic mass is 16.6. The number of hydrogen-bond acceptors (Lipinski definition) is 7. The number of carbonyl (C=O) groups is 3. The first-order valence-electron chi connectivity index (χ1n) is 11.4. The first-order chi connectivity index (χ1) is 15.1. The summed E-state index contributed by atoms with van der Waals surface area (Å²) in [6.45, 7) is 9.20. The van der Waals surface area contributed by atoms with Gasteiger partial charge in [0.2, 0.25) is 0 Å². The molecule has 0 bridgehead atoms. The van der Waals surface area contributed by atoms with Gasteiger partial charge in [0.1, 0.15) is 23.6 Å². The van der Waals surface area contributed by atoms with Crippen molar-refractivity contribution >= 4 is 17.7 Å². The lowest BCUT2D eigenvalue weighted by atomic mass is 9.62. The second-order valence-corrected chi connectivity index (χ2v) is 9.78. The number of hydrogen-bond donors (Lipinski definition) is 0. The molecule has 3 unspecified atom stereocenters. The maximum atomic E-state index is 13.2. The quantitative estimate of drug-likeness (QED) is 0.351. The van der Waals surface area contributed by atoms with Crippen molar-refractivity contribution in [3.8, 4) is 0 Å². The van der Waals surface area contributed by atoms with Gasteiger partial charge in [0, 0.05) is 24.0 Å². The number of ketones is 1. The lowest BCUT2D eigenvalue weighted by Gasteiger charge is -2.42. The molecule has 1 saturated carbocycles. The number of furan rings is 1. The predicted molar refractivity (Wildman–Crippen MR) is 114 cm³/mol. The SMILES string of the molecule is C/C=C(/C)C(=O)OC(C[C@@H](C)[C@H]1CC(c2ccoc2)OC1=O)[C@@]1(C)C(=O)CCC2O[C@]21C. The minimum Gasteiger partial charge on any atom is -0.472 e. The Labute approximate surface area is 188 Å². The second kappa shape index (κ2) is 8.18. The lowest BCUT2D eigenvalue weighted by Crippen LogP contribution is -2.55. The first kappa shape index (κ1) is 22.8. The standard InChI is InChI=1S/C25H32O7/c1-6-14(2)22(27)31-21(24(4)19(26)7-8-20-25(24,5)32-20)11-15(3)17-12-18(30-23(17)28)16-9-10-29-13-16/h6,9-10,13,15,17-18,20-21H,7-8,11-12H2,1-5H3/b14-6-/t15-,17-,18?,20?,21?,24-,25-/m1/s1. The monoisotopic (exact) mass is 444 g/mol. The summed E-state index contributed by atoms with van der Waals surface area (Å²) in [4.78, 5) is 38.6. The highest BCUT2D eigenvalue weighted by Gasteiger charge is 2.72. The van der Waals surface area contributed by atoms with Crippen LogP contribution in [0.1, 0.15) is 72.0 Å². The molecule has 7 nitrogen and oxygen atoms in total. The number of esters is 2. The Morgan fingerprint density at radius 2 is 2.09 bits per heavy atom. The topological polar surface area (TPSA) is 95.3 Å². The Hall–Kier alpha value is -2.41. The van der Waals surface area contributed by atoms with Crippen LogP contribution in [0.3, 0.4) is 0 Å². The Morgan fingerprint density at radius 1 is 1.34 bits per heavy atom. The number of allylic oxidation sites excluding steroid dienone is 1. The highest BCUT2D eigenvalue weighted by Crippen LogP contribution is 2.59. The molecule has 2 saturated heterocycles. The number of fused-ring (bicyclic) bond motifs is 1. The van der Waals surface area contributed by atoms with Crippen molar-refractivity contribution in [3.05, 3.63) is 35.8 Å². The molecule has 3 fully saturated rings. The number of carbonyl (C=O) groups excluding carboxylic acids is 3. The molecule has 0 radical (unpaired) electrons. The van der Waals surface area contributed by atoms with Crippen LogP contribution in [0, 0.1) is 17.3 Å². The molecule has 0 spiro atoms. The van der Waals surface area contributed by atoms with Crippen LogP contribution in [-0.4, -0.2) is 35.5 Å². The van der Waals surface area contributed by atoms with E-state index in [-0.39, 0.29) is 35.8 Å². The van der Waals surface area contributed by atoms with E-state index in [2.05, 4.69) is 0 Å². The Balaban J connectivity index is 1.57. The minimum atomic E-state index is -0.972. The minimum absolute atomic E-state index is 0.00793. The van der Waals surface area contributed by atoms with E-state index in [1.807, 2.05) is 20.8 Å². The zero-order chi connectivity index (χ0) is 23.3. The Bertz CT molecular complexity index is 932. The van der Waals surface area contributed by atoms with Crippen molar-refractivity contribution in [1.29, 1.82) is 0 Å². The van der Waals surface area contributed by atoms with Gasteiger partial charge in [-0.05, 0) is 52.5 Å². The maximum absolute atomic E-state index is 13.2. The molecule has 1 aromatic rings. The summed E-state index contributed by atoms with van der Waals surface area (Å²) in [6.07, 6.45) is 5.76. The summed E-state index contributed by atoms with van der Waals surface area (Å²) < 4.78 is 22.7. The van der Waals surface area contributed by atoms with Crippen LogP contribution in [0.5, 0.6) is 0 Å². The molecule has 4 rings (SSSR count). The fourth-order valence-corrected chi connectivity index (χ4v) is 5.32. The van der Waals surface area contributed by atoms with Crippen molar-refractivity contribution in [3.63, 3.8) is 0 Å². The van der Waals surface area contributed by atoms with Gasteiger partial charge in [-0.3, -0.25) is 9.59 Å². The summed E-state index contributed by atoms with van der Waals surface area (Å²) in [7, 11) is 0. The van der Waals surface area contributed by atoms with Gasteiger partial charge in [-0.2, -0.15) is 0 Å². The van der Waals surface area contributed by atoms with E-state index in [1.54, 1.807) is 38.5 Å². The zero-order valence-corrected chi connectivity index (χ0v) is 19.4. The van der Waals surface area contributed by atoms with E-state index in [1.165, 1.54) is 0 Å². The third kappa shape index (κ3) is 3.60. The van der Waals surface area contributed by atoms with Crippen molar-refractivity contribution in [2.75, 3.05) is 0 Å². The van der Waals surface area contributed by atoms with Crippen LogP contribution in [-0.2, 0) is 28.6 Å². The second-order valence-electron chi connectivity index (χ2n) is 9.78. The summed E-state index contributed by atoms with van der Waals surface area (Å²) in [5, 5.41) is 0. The maximum Gasteiger partial charge on any atom is 0.333 e. The Kier molecular flexibility index (Phi) is 5.82. The molecule has 1 aliphatic carbocycles. The third-order valence-corrected chi connectivity index (χ3v) is 8.05. The van der Waals surface area contributed by atoms with Gasteiger partial charge < -0.3 is 18.6 Å². The molecule has 0 amide bonds. The number of epoxide rings is 1. The van der Waals surface area contributed by atoms with Gasteiger partial charge in [0.05, 0.1) is 30.0 Å². The number of rotatable bonds is 7. The molecule has 3 heterocycles. The van der Waals surface area contributed by atoms with Crippen molar-refractivity contribution in [1.82, 2.24) is 0 Å². The summed E-state index contributed by atoms with van der Waals surface area (Å²) in [5.74, 6) is -1.19. The smallest absolute Gasteiger partial charge is 0.333 e. The number of Topliss-reactive ketones (excluding diaryl/α,β-unsaturated/α-hetero) is 1. The van der Waals surface area contributed by atoms with Gasteiger partial charge in [0.15, 0.2) is 0 Å². The largest absolute Gasteiger partial charge is 0.472 e. The molecule has 0 aromatic carbocycles. The molecule has 7 heteroatoms. The first-order valence-corrected chi connectivity index (χ1v) is 11.4. The molecule has 0 N–H and O–H groups in total. The van der Waals surface area contributed by atoms with Gasteiger partial charge in [-0.1, -0.05) is 13.0 Å². The predicted octanol–water partition coefficient (Wildman–Crippen LogP) is 4.31. The molecule has 2 aliphatic heterocycles. The van der Waals surface area contributed by atoms with Gasteiger partial charge in [-0.25, -0.2) is 4.79 Å². The molecule has 7 atom stereocenters. The number of ether oxygens (including phenoxy) is 3. The normalized spacial score (nSPS) is 36.3. The van der Waals surface area contributed by atoms with Crippen molar-refractivity contribution < 1.29 is 33.0 Å². The summed E-state index contributed by atoms with van der Waals surface area (Å²) in [5.41, 5.74) is -0.323. The molecular weight excluding hydrogens is 412 g/mol. The Morgan fingerprint density at radius 3 is 2.75 bits per heavy atom. The van der Waals surface area contributed by atoms with Gasteiger partial charge in [-0.15, -0.1) is 0 Å². The number of cyclic esters (lactones) is 1. The van der Waals surface area contributed by atoms with Crippen LogP contribution in [0.4, 0.5) is 0 Å². The zero-order valence-electron chi connectivity index (χ0n) is 19.4. The average Bonchev–Trinajstić information content (AvgIpc) is 3.12. The molecule has 174 valence electrons. The molecule has 32 heavy (non-hydrogen) atoms. The van der Waals surface area contributed by atoms with Crippen LogP contribution in [0.2, 0.25) is 0 Å². The summed E-state index contributed by atoms with van der Waals surface area (Å²) in [6, 6.07) is 1.79. The van der Waals surface area contributed by atoms with E-state index < -0.39 is 23.1 Å². The molecule has 3 aliphatic rings. The van der Waals surface area contributed by atoms with E-state index in [0.29, 0.717) is 31.3 Å². The van der Waals surface area contributed by atoms with Crippen LogP contribution >= 0.6 is 0 Å². The molecular formula is C25H32O7. The van der Waals surface area contributed by atoms with Crippen molar-refractivity contribution in [2.24, 2.45) is 17.3 Å². The lowest BCUT2D eigenvalue weighted by molar-refractivity contribution is -0.163. The highest BCUT2D eigenvalue weighted by molar-refractivity contribution is 5.91. The molecule has 1 aromatic heterocycles. The van der Waals surface area contributed by atoms with Crippen LogP contribution in [0.25, 0.3) is 0 Å². The van der Waals surface area contributed by atoms with Gasteiger partial charge >= 0.3 is 11.9 Å².